The number of aliphatic hydroxyl groups excluding tert-OH is 1. The molecule has 1 fully saturated rings. The van der Waals surface area contributed by atoms with Crippen molar-refractivity contribution in [3.8, 4) is 0 Å². The van der Waals surface area contributed by atoms with Gasteiger partial charge in [0.15, 0.2) is 8.32 Å². The Kier molecular flexibility index (Phi) is 5.30. The van der Waals surface area contributed by atoms with Crippen LogP contribution in [-0.2, 0) is 11.0 Å². The van der Waals surface area contributed by atoms with Gasteiger partial charge in [0, 0.05) is 19.3 Å². The van der Waals surface area contributed by atoms with E-state index in [0.717, 1.165) is 37.3 Å². The molecule has 1 saturated heterocycles. The van der Waals surface area contributed by atoms with Crippen LogP contribution in [0.4, 0.5) is 5.82 Å². The summed E-state index contributed by atoms with van der Waals surface area (Å²) in [4.78, 5) is 6.81. The van der Waals surface area contributed by atoms with Crippen LogP contribution < -0.4 is 4.90 Å². The van der Waals surface area contributed by atoms with E-state index < -0.39 is 8.32 Å². The lowest BCUT2D eigenvalue weighted by atomic mass is 10.1. The molecule has 124 valence electrons. The number of piperidine rings is 1. The van der Waals surface area contributed by atoms with Gasteiger partial charge in [-0.2, -0.15) is 0 Å². The van der Waals surface area contributed by atoms with Crippen molar-refractivity contribution in [1.82, 2.24) is 4.98 Å². The van der Waals surface area contributed by atoms with Crippen LogP contribution in [0.5, 0.6) is 0 Å². The molecule has 1 aliphatic heterocycles. The van der Waals surface area contributed by atoms with Crippen LogP contribution in [-0.4, -0.2) is 37.6 Å². The van der Waals surface area contributed by atoms with Crippen LogP contribution in [0.15, 0.2) is 18.3 Å². The molecule has 0 bridgehead atoms. The fraction of sp³-hybridized carbons (Fsp3) is 0.706. The molecule has 0 radical (unpaired) electrons. The molecule has 1 aromatic heterocycles. The molecule has 1 N–H and O–H groups in total. The fourth-order valence-corrected chi connectivity index (χ4v) is 3.22. The molecule has 1 aliphatic rings. The van der Waals surface area contributed by atoms with E-state index >= 15 is 0 Å². The monoisotopic (exact) mass is 322 g/mol. The van der Waals surface area contributed by atoms with Gasteiger partial charge >= 0.3 is 0 Å². The van der Waals surface area contributed by atoms with E-state index in [9.17, 15) is 5.11 Å². The Labute approximate surface area is 135 Å². The predicted molar refractivity (Wildman–Crippen MR) is 93.7 cm³/mol. The Morgan fingerprint density at radius 1 is 1.27 bits per heavy atom. The van der Waals surface area contributed by atoms with E-state index in [4.69, 9.17) is 4.43 Å². The Morgan fingerprint density at radius 2 is 1.91 bits per heavy atom. The number of aromatic nitrogens is 1. The molecule has 0 atom stereocenters. The van der Waals surface area contributed by atoms with Crippen molar-refractivity contribution >= 4 is 14.1 Å². The van der Waals surface area contributed by atoms with E-state index in [1.165, 1.54) is 0 Å². The molecule has 0 unspecified atom stereocenters. The number of hydrogen-bond acceptors (Lipinski definition) is 4. The maximum Gasteiger partial charge on any atom is 0.192 e. The first kappa shape index (κ1) is 17.4. The van der Waals surface area contributed by atoms with Crippen molar-refractivity contribution in [2.24, 2.45) is 0 Å². The zero-order valence-corrected chi connectivity index (χ0v) is 15.6. The minimum atomic E-state index is -1.71. The van der Waals surface area contributed by atoms with Crippen molar-refractivity contribution in [3.05, 3.63) is 23.9 Å². The lowest BCUT2D eigenvalue weighted by Crippen LogP contribution is -2.40. The smallest absolute Gasteiger partial charge is 0.192 e. The van der Waals surface area contributed by atoms with Gasteiger partial charge in [0.25, 0.3) is 0 Å². The van der Waals surface area contributed by atoms with E-state index in [-0.39, 0.29) is 11.1 Å². The molecule has 0 spiro atoms. The van der Waals surface area contributed by atoms with Crippen molar-refractivity contribution in [2.75, 3.05) is 18.0 Å². The van der Waals surface area contributed by atoms with Crippen LogP contribution >= 0.6 is 0 Å². The third-order valence-electron chi connectivity index (χ3n) is 5.00. The highest BCUT2D eigenvalue weighted by atomic mass is 28.4. The molecule has 2 rings (SSSR count). The summed E-state index contributed by atoms with van der Waals surface area (Å²) in [6.07, 6.45) is 3.44. The molecule has 2 heterocycles. The number of aliphatic hydroxyl groups is 1. The largest absolute Gasteiger partial charge is 0.413 e. The topological polar surface area (TPSA) is 45.6 Å². The first-order valence-corrected chi connectivity index (χ1v) is 11.1. The standard InChI is InChI=1S/C17H30N2O2Si/c1-17(2,3)22(4,5)21-13-14-6-7-16(18-12-14)19-10-8-15(20)9-11-19/h6-7,12,15,20H,8-11,13H2,1-5H3. The number of nitrogens with zero attached hydrogens (tertiary/aromatic N) is 2. The van der Waals surface area contributed by atoms with Gasteiger partial charge in [-0.15, -0.1) is 0 Å². The van der Waals surface area contributed by atoms with E-state index in [1.807, 2.05) is 6.20 Å². The van der Waals surface area contributed by atoms with Gasteiger partial charge < -0.3 is 14.4 Å². The fourth-order valence-electron chi connectivity index (χ4n) is 2.26. The average molecular weight is 323 g/mol. The lowest BCUT2D eigenvalue weighted by molar-refractivity contribution is 0.145. The second-order valence-electron chi connectivity index (χ2n) is 7.79. The molecule has 5 heteroatoms. The summed E-state index contributed by atoms with van der Waals surface area (Å²) in [5, 5.41) is 9.80. The quantitative estimate of drug-likeness (QED) is 0.861. The van der Waals surface area contributed by atoms with Crippen LogP contribution in [0.1, 0.15) is 39.2 Å². The Bertz CT molecular complexity index is 474. The third-order valence-corrected chi connectivity index (χ3v) is 9.48. The maximum absolute atomic E-state index is 9.57. The number of pyridine rings is 1. The van der Waals surface area contributed by atoms with Gasteiger partial charge in [-0.1, -0.05) is 26.8 Å². The molecule has 22 heavy (non-hydrogen) atoms. The van der Waals surface area contributed by atoms with Gasteiger partial charge in [-0.25, -0.2) is 4.98 Å². The van der Waals surface area contributed by atoms with Crippen LogP contribution in [0, 0.1) is 0 Å². The highest BCUT2D eigenvalue weighted by Crippen LogP contribution is 2.37. The van der Waals surface area contributed by atoms with Crippen molar-refractivity contribution in [3.63, 3.8) is 0 Å². The maximum atomic E-state index is 9.57. The summed E-state index contributed by atoms with van der Waals surface area (Å²) in [7, 11) is -1.71. The van der Waals surface area contributed by atoms with Crippen molar-refractivity contribution in [1.29, 1.82) is 0 Å². The number of rotatable bonds is 4. The first-order chi connectivity index (χ1) is 10.2. The van der Waals surface area contributed by atoms with Gasteiger partial charge in [-0.05, 0) is 42.6 Å². The summed E-state index contributed by atoms with van der Waals surface area (Å²) in [6, 6.07) is 4.18. The molecule has 1 aromatic rings. The number of anilines is 1. The van der Waals surface area contributed by atoms with E-state index in [1.54, 1.807) is 0 Å². The third kappa shape index (κ3) is 4.30. The summed E-state index contributed by atoms with van der Waals surface area (Å²) in [5.41, 5.74) is 1.13. The van der Waals surface area contributed by atoms with Crippen molar-refractivity contribution < 1.29 is 9.53 Å². The summed E-state index contributed by atoms with van der Waals surface area (Å²) < 4.78 is 6.23. The second kappa shape index (κ2) is 6.68. The highest BCUT2D eigenvalue weighted by Gasteiger charge is 2.37. The minimum absolute atomic E-state index is 0.145. The zero-order chi connectivity index (χ0) is 16.4. The Hall–Kier alpha value is -0.913. The summed E-state index contributed by atoms with van der Waals surface area (Å²) >= 11 is 0. The molecular formula is C17H30N2O2Si. The molecular weight excluding hydrogens is 292 g/mol. The van der Waals surface area contributed by atoms with Crippen LogP contribution in [0.2, 0.25) is 18.1 Å². The van der Waals surface area contributed by atoms with E-state index in [0.29, 0.717) is 6.61 Å². The molecule has 0 aliphatic carbocycles. The molecule has 0 saturated carbocycles. The lowest BCUT2D eigenvalue weighted by Gasteiger charge is -2.36. The summed E-state index contributed by atoms with van der Waals surface area (Å²) in [5.74, 6) is 1.00. The minimum Gasteiger partial charge on any atom is -0.413 e. The first-order valence-electron chi connectivity index (χ1n) is 8.21. The van der Waals surface area contributed by atoms with Gasteiger partial charge in [0.05, 0.1) is 12.7 Å². The highest BCUT2D eigenvalue weighted by molar-refractivity contribution is 6.74. The molecule has 0 amide bonds. The zero-order valence-electron chi connectivity index (χ0n) is 14.6. The normalized spacial score (nSPS) is 17.8. The average Bonchev–Trinajstić information content (AvgIpc) is 2.45. The van der Waals surface area contributed by atoms with Crippen molar-refractivity contribution in [2.45, 2.75) is 64.5 Å². The number of hydrogen-bond donors (Lipinski definition) is 1. The van der Waals surface area contributed by atoms with Gasteiger partial charge in [0.1, 0.15) is 5.82 Å². The predicted octanol–water partition coefficient (Wildman–Crippen LogP) is 3.56. The molecule has 4 nitrogen and oxygen atoms in total. The molecule has 0 aromatic carbocycles. The van der Waals surface area contributed by atoms with Gasteiger partial charge in [0.2, 0.25) is 0 Å². The van der Waals surface area contributed by atoms with Crippen LogP contribution in [0.3, 0.4) is 0 Å². The Balaban J connectivity index is 1.92. The summed E-state index contributed by atoms with van der Waals surface area (Å²) in [6.45, 7) is 13.7. The van der Waals surface area contributed by atoms with Gasteiger partial charge in [-0.3, -0.25) is 0 Å². The Morgan fingerprint density at radius 3 is 2.41 bits per heavy atom. The van der Waals surface area contributed by atoms with Crippen LogP contribution in [0.25, 0.3) is 0 Å². The van der Waals surface area contributed by atoms with E-state index in [2.05, 4.69) is 55.9 Å². The second-order valence-corrected chi connectivity index (χ2v) is 12.6. The SMILES string of the molecule is CC(C)(C)[Si](C)(C)OCc1ccc(N2CCC(O)CC2)nc1.